The highest BCUT2D eigenvalue weighted by atomic mass is 28.3. The Kier molecular flexibility index (Phi) is 6.12. The minimum Gasteiger partial charge on any atom is -0.493 e. The molecule has 0 unspecified atom stereocenters. The molecule has 0 N–H and O–H groups in total. The number of carbonyl (C=O) groups is 1. The molecule has 2 rings (SSSR count). The van der Waals surface area contributed by atoms with E-state index in [-0.39, 0.29) is 5.97 Å². The maximum atomic E-state index is 11.9. The molecule has 0 spiro atoms. The maximum Gasteiger partial charge on any atom is 0.337 e. The van der Waals surface area contributed by atoms with Crippen molar-refractivity contribution in [2.75, 3.05) is 21.3 Å². The maximum absolute atomic E-state index is 11.9. The largest absolute Gasteiger partial charge is 0.493 e. The van der Waals surface area contributed by atoms with Gasteiger partial charge in [-0.1, -0.05) is 37.7 Å². The summed E-state index contributed by atoms with van der Waals surface area (Å²) in [4.78, 5) is 11.9. The second kappa shape index (κ2) is 8.11. The van der Waals surface area contributed by atoms with Gasteiger partial charge in [0.25, 0.3) is 0 Å². The van der Waals surface area contributed by atoms with Gasteiger partial charge in [-0.05, 0) is 35.4 Å². The molecule has 0 amide bonds. The van der Waals surface area contributed by atoms with E-state index in [0.717, 1.165) is 16.7 Å². The van der Waals surface area contributed by atoms with Crippen LogP contribution < -0.4 is 9.47 Å². The normalized spacial score (nSPS) is 10.5. The Morgan fingerprint density at radius 2 is 1.62 bits per heavy atom. The molecule has 0 aliphatic carbocycles. The lowest BCUT2D eigenvalue weighted by atomic mass is 9.97. The summed E-state index contributed by atoms with van der Waals surface area (Å²) in [5.41, 5.74) is 6.52. The molecule has 26 heavy (non-hydrogen) atoms. The Labute approximate surface area is 156 Å². The van der Waals surface area contributed by atoms with Gasteiger partial charge in [0.15, 0.2) is 11.5 Å². The van der Waals surface area contributed by atoms with Gasteiger partial charge in [0, 0.05) is 5.56 Å². The molecule has 0 aromatic heterocycles. The van der Waals surface area contributed by atoms with Crippen molar-refractivity contribution < 1.29 is 19.0 Å². The molecule has 0 radical (unpaired) electrons. The van der Waals surface area contributed by atoms with Gasteiger partial charge < -0.3 is 14.2 Å². The van der Waals surface area contributed by atoms with Crippen LogP contribution in [0.3, 0.4) is 0 Å². The van der Waals surface area contributed by atoms with Crippen LogP contribution in [0.15, 0.2) is 36.4 Å². The van der Waals surface area contributed by atoms with E-state index in [4.69, 9.17) is 14.2 Å². The quantitative estimate of drug-likeness (QED) is 0.456. The molecule has 0 aliphatic heterocycles. The Balaban J connectivity index is 2.63. The standard InChI is InChI=1S/C21H24O4Si/c1-23-19-10-8-15(14-20(19)24-2)18-9-7-17(21(22)25-3)13-16(18)11-12-26(4,5)6/h7-10,13-14H,1-6H3. The molecule has 2 aromatic rings. The van der Waals surface area contributed by atoms with Crippen molar-refractivity contribution in [1.29, 1.82) is 0 Å². The van der Waals surface area contributed by atoms with Crippen LogP contribution in [0, 0.1) is 11.5 Å². The number of benzene rings is 2. The van der Waals surface area contributed by atoms with Gasteiger partial charge in [0.2, 0.25) is 0 Å². The molecule has 2 aromatic carbocycles. The summed E-state index contributed by atoms with van der Waals surface area (Å²) in [5, 5.41) is 0. The van der Waals surface area contributed by atoms with Crippen LogP contribution in [-0.4, -0.2) is 35.4 Å². The van der Waals surface area contributed by atoms with E-state index in [2.05, 4.69) is 31.1 Å². The second-order valence-electron chi connectivity index (χ2n) is 6.82. The first-order chi connectivity index (χ1) is 12.3. The SMILES string of the molecule is COC(=O)c1ccc(-c2ccc(OC)c(OC)c2)c(C#C[Si](C)(C)C)c1. The van der Waals surface area contributed by atoms with Crippen LogP contribution in [0.2, 0.25) is 19.6 Å². The fourth-order valence-corrected chi connectivity index (χ4v) is 2.91. The number of carbonyl (C=O) groups excluding carboxylic acids is 1. The van der Waals surface area contributed by atoms with Gasteiger partial charge >= 0.3 is 5.97 Å². The molecule has 4 nitrogen and oxygen atoms in total. The number of methoxy groups -OCH3 is 3. The first kappa shape index (κ1) is 19.6. The third kappa shape index (κ3) is 4.68. The van der Waals surface area contributed by atoms with Crippen molar-refractivity contribution in [2.45, 2.75) is 19.6 Å². The zero-order chi connectivity index (χ0) is 19.3. The predicted molar refractivity (Wildman–Crippen MR) is 107 cm³/mol. The molecule has 136 valence electrons. The van der Waals surface area contributed by atoms with Gasteiger partial charge in [-0.3, -0.25) is 0 Å². The average molecular weight is 369 g/mol. The molecular formula is C21H24O4Si. The molecule has 0 saturated carbocycles. The first-order valence-electron chi connectivity index (χ1n) is 8.27. The topological polar surface area (TPSA) is 44.8 Å². The number of hydrogen-bond acceptors (Lipinski definition) is 4. The smallest absolute Gasteiger partial charge is 0.337 e. The summed E-state index contributed by atoms with van der Waals surface area (Å²) in [7, 11) is 3.01. The summed E-state index contributed by atoms with van der Waals surface area (Å²) in [5.74, 6) is 4.20. The van der Waals surface area contributed by atoms with Gasteiger partial charge in [0.05, 0.1) is 26.9 Å². The summed E-state index contributed by atoms with van der Waals surface area (Å²) in [6.45, 7) is 6.54. The van der Waals surface area contributed by atoms with Crippen LogP contribution in [0.1, 0.15) is 15.9 Å². The lowest BCUT2D eigenvalue weighted by molar-refractivity contribution is 0.0600. The molecular weight excluding hydrogens is 344 g/mol. The van der Waals surface area contributed by atoms with Crippen LogP contribution in [0.5, 0.6) is 11.5 Å². The first-order valence-corrected chi connectivity index (χ1v) is 11.8. The molecule has 0 saturated heterocycles. The van der Waals surface area contributed by atoms with E-state index in [1.54, 1.807) is 26.4 Å². The lowest BCUT2D eigenvalue weighted by Crippen LogP contribution is -2.16. The molecule has 0 atom stereocenters. The van der Waals surface area contributed by atoms with E-state index in [1.807, 2.05) is 24.3 Å². The summed E-state index contributed by atoms with van der Waals surface area (Å²) in [6, 6.07) is 11.1. The minimum absolute atomic E-state index is 0.375. The molecule has 0 bridgehead atoms. The van der Waals surface area contributed by atoms with Crippen LogP contribution in [-0.2, 0) is 4.74 Å². The average Bonchev–Trinajstić information content (AvgIpc) is 2.64. The highest BCUT2D eigenvalue weighted by molar-refractivity contribution is 6.83. The predicted octanol–water partition coefficient (Wildman–Crippen LogP) is 4.39. The zero-order valence-electron chi connectivity index (χ0n) is 16.1. The Hall–Kier alpha value is -2.71. The summed E-state index contributed by atoms with van der Waals surface area (Å²) >= 11 is 0. The van der Waals surface area contributed by atoms with Gasteiger partial charge in [-0.2, -0.15) is 0 Å². The van der Waals surface area contributed by atoms with Crippen molar-refractivity contribution in [3.8, 4) is 34.1 Å². The highest BCUT2D eigenvalue weighted by Gasteiger charge is 2.14. The lowest BCUT2D eigenvalue weighted by Gasteiger charge is -2.12. The fourth-order valence-electron chi connectivity index (χ4n) is 2.40. The number of rotatable bonds is 4. The Morgan fingerprint density at radius 3 is 2.19 bits per heavy atom. The van der Waals surface area contributed by atoms with Crippen LogP contribution in [0.4, 0.5) is 0 Å². The second-order valence-corrected chi connectivity index (χ2v) is 11.6. The number of ether oxygens (including phenoxy) is 3. The third-order valence-electron chi connectivity index (χ3n) is 3.71. The summed E-state index contributed by atoms with van der Waals surface area (Å²) in [6.07, 6.45) is 0. The van der Waals surface area contributed by atoms with E-state index in [9.17, 15) is 4.79 Å². The van der Waals surface area contributed by atoms with Crippen molar-refractivity contribution in [3.05, 3.63) is 47.5 Å². The number of esters is 1. The van der Waals surface area contributed by atoms with Crippen molar-refractivity contribution in [3.63, 3.8) is 0 Å². The minimum atomic E-state index is -1.57. The van der Waals surface area contributed by atoms with Crippen molar-refractivity contribution in [1.82, 2.24) is 0 Å². The van der Waals surface area contributed by atoms with E-state index in [1.165, 1.54) is 7.11 Å². The van der Waals surface area contributed by atoms with Gasteiger partial charge in [0.1, 0.15) is 8.07 Å². The number of hydrogen-bond donors (Lipinski definition) is 0. The summed E-state index contributed by atoms with van der Waals surface area (Å²) < 4.78 is 15.5. The third-order valence-corrected chi connectivity index (χ3v) is 4.58. The monoisotopic (exact) mass is 368 g/mol. The Morgan fingerprint density at radius 1 is 0.923 bits per heavy atom. The molecule has 0 aliphatic rings. The van der Waals surface area contributed by atoms with E-state index >= 15 is 0 Å². The van der Waals surface area contributed by atoms with Gasteiger partial charge in [-0.25, -0.2) is 4.79 Å². The van der Waals surface area contributed by atoms with Gasteiger partial charge in [-0.15, -0.1) is 5.54 Å². The highest BCUT2D eigenvalue weighted by Crippen LogP contribution is 2.34. The fraction of sp³-hybridized carbons (Fsp3) is 0.286. The van der Waals surface area contributed by atoms with Crippen molar-refractivity contribution in [2.24, 2.45) is 0 Å². The molecule has 0 fully saturated rings. The van der Waals surface area contributed by atoms with E-state index < -0.39 is 8.07 Å². The Bertz CT molecular complexity index is 870. The van der Waals surface area contributed by atoms with E-state index in [0.29, 0.717) is 17.1 Å². The zero-order valence-corrected chi connectivity index (χ0v) is 17.1. The molecule has 0 heterocycles. The van der Waals surface area contributed by atoms with Crippen LogP contribution >= 0.6 is 0 Å². The van der Waals surface area contributed by atoms with Crippen LogP contribution in [0.25, 0.3) is 11.1 Å². The molecule has 5 heteroatoms. The van der Waals surface area contributed by atoms with Crippen molar-refractivity contribution >= 4 is 14.0 Å².